The van der Waals surface area contributed by atoms with Crippen molar-refractivity contribution in [3.8, 4) is 11.1 Å². The number of methoxy groups -OCH3 is 1. The number of aliphatic imine (C=N–C) groups is 1. The van der Waals surface area contributed by atoms with Gasteiger partial charge < -0.3 is 4.74 Å². The highest BCUT2D eigenvalue weighted by atomic mass is 32.2. The van der Waals surface area contributed by atoms with Crippen LogP contribution in [-0.4, -0.2) is 23.9 Å². The van der Waals surface area contributed by atoms with Gasteiger partial charge in [-0.05, 0) is 48.4 Å². The maximum Gasteiger partial charge on any atom is 0.338 e. The molecule has 0 aromatic heterocycles. The normalized spacial score (nSPS) is 14.3. The first-order chi connectivity index (χ1) is 16.1. The van der Waals surface area contributed by atoms with Crippen LogP contribution in [0.5, 0.6) is 0 Å². The van der Waals surface area contributed by atoms with Gasteiger partial charge in [0, 0.05) is 5.75 Å². The number of ether oxygens (including phenoxy) is 1. The highest BCUT2D eigenvalue weighted by Crippen LogP contribution is 2.35. The van der Waals surface area contributed by atoms with Crippen LogP contribution in [0, 0.1) is 0 Å². The lowest BCUT2D eigenvalue weighted by atomic mass is 9.96. The molecule has 176 valence electrons. The summed E-state index contributed by atoms with van der Waals surface area (Å²) in [6.07, 6.45) is 9.12. The molecule has 0 amide bonds. The van der Waals surface area contributed by atoms with Gasteiger partial charge in [0.05, 0.1) is 12.7 Å². The molecule has 0 saturated carbocycles. The first-order valence-electron chi connectivity index (χ1n) is 12.0. The molecule has 1 aliphatic heterocycles. The van der Waals surface area contributed by atoms with Gasteiger partial charge in [0.25, 0.3) is 0 Å². The van der Waals surface area contributed by atoms with Gasteiger partial charge in [-0.3, -0.25) is 0 Å². The zero-order valence-electron chi connectivity index (χ0n) is 20.0. The number of carbonyl (C=O) groups is 1. The monoisotopic (exact) mass is 465 g/mol. The minimum atomic E-state index is -0.339. The van der Waals surface area contributed by atoms with Crippen molar-refractivity contribution in [1.29, 1.82) is 0 Å². The number of unbranched alkanes of at least 4 members (excludes halogenated alkanes) is 4. The summed E-state index contributed by atoms with van der Waals surface area (Å²) in [4.78, 5) is 17.1. The summed E-state index contributed by atoms with van der Waals surface area (Å²) in [5.74, 6) is 0.466. The smallest absolute Gasteiger partial charge is 0.338 e. The molecule has 2 aromatic rings. The summed E-state index contributed by atoms with van der Waals surface area (Å²) in [6.45, 7) is 4.45. The third-order valence-electron chi connectivity index (χ3n) is 5.95. The van der Waals surface area contributed by atoms with Gasteiger partial charge >= 0.3 is 5.97 Å². The Kier molecular flexibility index (Phi) is 9.67. The van der Waals surface area contributed by atoms with Crippen LogP contribution in [0.15, 0.2) is 63.8 Å². The van der Waals surface area contributed by atoms with Crippen molar-refractivity contribution in [1.82, 2.24) is 0 Å². The van der Waals surface area contributed by atoms with Gasteiger partial charge in [-0.15, -0.1) is 5.11 Å². The minimum absolute atomic E-state index is 0.323. The Labute approximate surface area is 202 Å². The standard InChI is InChI=1S/C27H35N3O2S/c1-4-6-10-18-27(19-11-7-5-2)28-26(29-30-27)33-20-21-14-16-22(17-15-21)23-12-8-9-13-24(23)25(31)32-3/h8-9,12-17H,4-7,10-11,18-20H2,1-3H3. The summed E-state index contributed by atoms with van der Waals surface area (Å²) in [7, 11) is 1.41. The van der Waals surface area contributed by atoms with Crippen LogP contribution < -0.4 is 0 Å². The predicted octanol–water partition coefficient (Wildman–Crippen LogP) is 8.05. The molecular formula is C27H35N3O2S. The fourth-order valence-corrected chi connectivity index (χ4v) is 4.85. The molecule has 0 saturated heterocycles. The van der Waals surface area contributed by atoms with Crippen LogP contribution in [0.2, 0.25) is 0 Å². The van der Waals surface area contributed by atoms with Crippen LogP contribution >= 0.6 is 11.8 Å². The van der Waals surface area contributed by atoms with Crippen molar-refractivity contribution in [3.05, 3.63) is 59.7 Å². The lowest BCUT2D eigenvalue weighted by Crippen LogP contribution is -2.21. The topological polar surface area (TPSA) is 63.4 Å². The number of nitrogens with zero attached hydrogens (tertiary/aromatic N) is 3. The van der Waals surface area contributed by atoms with Crippen molar-refractivity contribution in [2.45, 2.75) is 76.6 Å². The lowest BCUT2D eigenvalue weighted by Gasteiger charge is -2.21. The Morgan fingerprint density at radius 2 is 1.61 bits per heavy atom. The fraction of sp³-hybridized carbons (Fsp3) is 0.481. The number of hydrogen-bond donors (Lipinski definition) is 0. The molecule has 0 atom stereocenters. The Balaban J connectivity index is 1.64. The summed E-state index contributed by atoms with van der Waals surface area (Å²) in [5, 5.41) is 9.90. The Bertz CT molecular complexity index is 960. The first-order valence-corrected chi connectivity index (χ1v) is 13.0. The molecule has 0 radical (unpaired) electrons. The maximum absolute atomic E-state index is 12.1. The molecule has 2 aromatic carbocycles. The molecule has 1 aliphatic rings. The number of hydrogen-bond acceptors (Lipinski definition) is 6. The SMILES string of the molecule is CCCCCC1(CCCCC)N=NC(SCc2ccc(-c3ccccc3C(=O)OC)cc2)=N1. The molecule has 0 aliphatic carbocycles. The van der Waals surface area contributed by atoms with E-state index >= 15 is 0 Å². The fourth-order valence-electron chi connectivity index (χ4n) is 4.02. The highest BCUT2D eigenvalue weighted by Gasteiger charge is 2.33. The van der Waals surface area contributed by atoms with E-state index in [9.17, 15) is 4.79 Å². The Hall–Kier alpha value is -2.47. The number of carbonyl (C=O) groups excluding carboxylic acids is 1. The molecule has 0 unspecified atom stereocenters. The molecule has 0 bridgehead atoms. The van der Waals surface area contributed by atoms with E-state index in [1.807, 2.05) is 18.2 Å². The number of amidine groups is 1. The lowest BCUT2D eigenvalue weighted by molar-refractivity contribution is 0.0601. The van der Waals surface area contributed by atoms with Crippen LogP contribution in [0.1, 0.15) is 81.1 Å². The Morgan fingerprint density at radius 3 is 2.24 bits per heavy atom. The molecule has 6 heteroatoms. The third-order valence-corrected chi connectivity index (χ3v) is 6.86. The molecule has 0 fully saturated rings. The Morgan fingerprint density at radius 1 is 0.939 bits per heavy atom. The zero-order valence-corrected chi connectivity index (χ0v) is 20.9. The van der Waals surface area contributed by atoms with E-state index in [1.54, 1.807) is 17.8 Å². The van der Waals surface area contributed by atoms with Crippen LogP contribution in [0.25, 0.3) is 11.1 Å². The summed E-state index contributed by atoms with van der Waals surface area (Å²) in [6, 6.07) is 15.8. The summed E-state index contributed by atoms with van der Waals surface area (Å²) in [5.41, 5.74) is 3.29. The molecule has 0 N–H and O–H groups in total. The molecule has 0 spiro atoms. The van der Waals surface area contributed by atoms with E-state index in [-0.39, 0.29) is 11.6 Å². The van der Waals surface area contributed by atoms with Crippen molar-refractivity contribution in [2.24, 2.45) is 15.2 Å². The van der Waals surface area contributed by atoms with E-state index < -0.39 is 0 Å². The van der Waals surface area contributed by atoms with E-state index in [1.165, 1.54) is 38.4 Å². The van der Waals surface area contributed by atoms with Crippen molar-refractivity contribution in [2.75, 3.05) is 7.11 Å². The number of azo groups is 1. The van der Waals surface area contributed by atoms with Crippen LogP contribution in [0.4, 0.5) is 0 Å². The van der Waals surface area contributed by atoms with Crippen molar-refractivity contribution in [3.63, 3.8) is 0 Å². The first kappa shape index (κ1) is 25.2. The zero-order chi connectivity index (χ0) is 23.5. The highest BCUT2D eigenvalue weighted by molar-refractivity contribution is 8.13. The van der Waals surface area contributed by atoms with Gasteiger partial charge in [0.15, 0.2) is 5.66 Å². The summed E-state index contributed by atoms with van der Waals surface area (Å²) < 4.78 is 4.92. The predicted molar refractivity (Wildman–Crippen MR) is 138 cm³/mol. The van der Waals surface area contributed by atoms with Crippen LogP contribution in [0.3, 0.4) is 0 Å². The molecule has 5 nitrogen and oxygen atoms in total. The van der Waals surface area contributed by atoms with Crippen molar-refractivity contribution < 1.29 is 9.53 Å². The number of benzene rings is 2. The van der Waals surface area contributed by atoms with Gasteiger partial charge in [-0.2, -0.15) is 5.11 Å². The summed E-state index contributed by atoms with van der Waals surface area (Å²) >= 11 is 1.65. The third kappa shape index (κ3) is 7.00. The quantitative estimate of drug-likeness (QED) is 0.235. The average Bonchev–Trinajstić information content (AvgIpc) is 3.26. The number of esters is 1. The molecule has 1 heterocycles. The largest absolute Gasteiger partial charge is 0.465 e. The second-order valence-electron chi connectivity index (χ2n) is 8.51. The van der Waals surface area contributed by atoms with Gasteiger partial charge in [-0.1, -0.05) is 93.8 Å². The van der Waals surface area contributed by atoms with Crippen molar-refractivity contribution >= 4 is 22.9 Å². The molecule has 33 heavy (non-hydrogen) atoms. The van der Waals surface area contributed by atoms with Crippen LogP contribution in [-0.2, 0) is 10.5 Å². The van der Waals surface area contributed by atoms with Gasteiger partial charge in [-0.25, -0.2) is 9.79 Å². The number of thioether (sulfide) groups is 1. The van der Waals surface area contributed by atoms with Gasteiger partial charge in [0.1, 0.15) is 0 Å². The number of rotatable bonds is 12. The average molecular weight is 466 g/mol. The van der Waals surface area contributed by atoms with E-state index in [4.69, 9.17) is 9.73 Å². The minimum Gasteiger partial charge on any atom is -0.465 e. The second-order valence-corrected chi connectivity index (χ2v) is 9.46. The second kappa shape index (κ2) is 12.7. The van der Waals surface area contributed by atoms with E-state index in [0.717, 1.165) is 47.7 Å². The molecule has 3 rings (SSSR count). The van der Waals surface area contributed by atoms with E-state index in [2.05, 4.69) is 48.3 Å². The van der Waals surface area contributed by atoms with Gasteiger partial charge in [0.2, 0.25) is 5.17 Å². The van der Waals surface area contributed by atoms with E-state index in [0.29, 0.717) is 5.56 Å². The maximum atomic E-state index is 12.1. The molecular weight excluding hydrogens is 430 g/mol.